The molecule has 1 atom stereocenters. The summed E-state index contributed by atoms with van der Waals surface area (Å²) >= 11 is 11.6. The van der Waals surface area contributed by atoms with Gasteiger partial charge in [-0.1, -0.05) is 41.4 Å². The van der Waals surface area contributed by atoms with E-state index in [4.69, 9.17) is 28.0 Å². The lowest BCUT2D eigenvalue weighted by atomic mass is 9.96. The van der Waals surface area contributed by atoms with Crippen LogP contribution < -0.4 is 0 Å². The highest BCUT2D eigenvalue weighted by molar-refractivity contribution is 7.93. The van der Waals surface area contributed by atoms with Crippen LogP contribution >= 0.6 is 23.2 Å². The Morgan fingerprint density at radius 1 is 1.16 bits per heavy atom. The van der Waals surface area contributed by atoms with Crippen LogP contribution in [0.4, 0.5) is 17.6 Å². The van der Waals surface area contributed by atoms with E-state index >= 15 is 0 Å². The molecule has 0 aromatic heterocycles. The van der Waals surface area contributed by atoms with Gasteiger partial charge in [0, 0.05) is 37.7 Å². The van der Waals surface area contributed by atoms with Crippen LogP contribution in [0, 0.1) is 16.5 Å². The molecule has 172 valence electrons. The number of allylic oxidation sites excluding steroid dienone is 1. The SMILES string of the molecule is N=S1(=O)CC(CCC(=O)c2ccc(/C=C/C(c3cc(Cl)cc(Cl)c3)C(F)(F)F)cc2F)C1. The second kappa shape index (κ2) is 9.53. The van der Waals surface area contributed by atoms with E-state index in [0.717, 1.165) is 18.2 Å². The number of alkyl halides is 3. The zero-order valence-electron chi connectivity index (χ0n) is 16.6. The number of hydrogen-bond donors (Lipinski definition) is 1. The Bertz CT molecular complexity index is 1130. The Balaban J connectivity index is 1.73. The standard InChI is InChI=1S/C22H19Cl2F4NO2S/c23-16-8-15(9-17(24)10-16)19(22(26,27)28)5-2-13-1-4-18(20(25)7-13)21(30)6-3-14-11-32(29,31)12-14/h1-2,4-5,7-10,14,19,29H,3,6,11-12H2/b5-2+. The maximum Gasteiger partial charge on any atom is 0.399 e. The zero-order chi connectivity index (χ0) is 23.7. The molecule has 1 N–H and O–H groups in total. The maximum atomic E-state index is 14.4. The van der Waals surface area contributed by atoms with Gasteiger partial charge in [0.05, 0.1) is 11.5 Å². The van der Waals surface area contributed by atoms with Crippen LogP contribution in [0.2, 0.25) is 10.0 Å². The van der Waals surface area contributed by atoms with Crippen molar-refractivity contribution in [2.24, 2.45) is 5.92 Å². The molecule has 0 bridgehead atoms. The molecule has 0 amide bonds. The van der Waals surface area contributed by atoms with Crippen molar-refractivity contribution in [2.75, 3.05) is 11.5 Å². The molecule has 0 aliphatic carbocycles. The van der Waals surface area contributed by atoms with Crippen molar-refractivity contribution in [1.82, 2.24) is 0 Å². The van der Waals surface area contributed by atoms with E-state index in [-0.39, 0.29) is 50.6 Å². The minimum atomic E-state index is -4.62. The summed E-state index contributed by atoms with van der Waals surface area (Å²) in [5.41, 5.74) is -0.137. The van der Waals surface area contributed by atoms with Gasteiger partial charge in [-0.2, -0.15) is 13.2 Å². The number of carbonyl (C=O) groups is 1. The quantitative estimate of drug-likeness (QED) is 0.320. The molecule has 1 unspecified atom stereocenters. The predicted octanol–water partition coefficient (Wildman–Crippen LogP) is 7.13. The first-order valence-electron chi connectivity index (χ1n) is 9.62. The summed E-state index contributed by atoms with van der Waals surface area (Å²) in [6, 6.07) is 7.27. The highest BCUT2D eigenvalue weighted by atomic mass is 35.5. The molecule has 1 fully saturated rings. The number of rotatable bonds is 7. The molecule has 0 spiro atoms. The monoisotopic (exact) mass is 507 g/mol. The van der Waals surface area contributed by atoms with Gasteiger partial charge < -0.3 is 0 Å². The van der Waals surface area contributed by atoms with Crippen molar-refractivity contribution in [2.45, 2.75) is 24.9 Å². The lowest BCUT2D eigenvalue weighted by molar-refractivity contribution is -0.139. The molecule has 2 aromatic carbocycles. The summed E-state index contributed by atoms with van der Waals surface area (Å²) in [7, 11) is -2.49. The minimum Gasteiger partial charge on any atom is -0.294 e. The van der Waals surface area contributed by atoms with Gasteiger partial charge in [-0.3, -0.25) is 9.57 Å². The highest BCUT2D eigenvalue weighted by Crippen LogP contribution is 2.38. The summed E-state index contributed by atoms with van der Waals surface area (Å²) in [6.45, 7) is 0. The van der Waals surface area contributed by atoms with Crippen molar-refractivity contribution in [3.05, 3.63) is 75.0 Å². The second-order valence-electron chi connectivity index (χ2n) is 7.79. The fourth-order valence-electron chi connectivity index (χ4n) is 3.58. The van der Waals surface area contributed by atoms with Crippen LogP contribution in [0.1, 0.15) is 40.2 Å². The van der Waals surface area contributed by atoms with Gasteiger partial charge in [0.2, 0.25) is 0 Å². The van der Waals surface area contributed by atoms with E-state index in [1.165, 1.54) is 30.3 Å². The third kappa shape index (κ3) is 6.33. The smallest absolute Gasteiger partial charge is 0.294 e. The van der Waals surface area contributed by atoms with Gasteiger partial charge in [0.1, 0.15) is 5.82 Å². The van der Waals surface area contributed by atoms with Crippen molar-refractivity contribution in [3.8, 4) is 0 Å². The molecule has 3 nitrogen and oxygen atoms in total. The summed E-state index contributed by atoms with van der Waals surface area (Å²) in [5, 5.41) is 0.132. The Kier molecular flexibility index (Phi) is 7.37. The van der Waals surface area contributed by atoms with Gasteiger partial charge in [-0.05, 0) is 53.8 Å². The Labute approximate surface area is 193 Å². The number of halogens is 6. The molecule has 1 aliphatic rings. The molecule has 0 saturated carbocycles. The number of nitrogens with one attached hydrogen (secondary N) is 1. The van der Waals surface area contributed by atoms with E-state index in [9.17, 15) is 26.6 Å². The van der Waals surface area contributed by atoms with Gasteiger partial charge in [-0.15, -0.1) is 0 Å². The molecule has 3 rings (SSSR count). The van der Waals surface area contributed by atoms with Gasteiger partial charge >= 0.3 is 6.18 Å². The van der Waals surface area contributed by atoms with Gasteiger partial charge in [-0.25, -0.2) is 8.60 Å². The van der Waals surface area contributed by atoms with Crippen molar-refractivity contribution in [3.63, 3.8) is 0 Å². The lowest BCUT2D eigenvalue weighted by Gasteiger charge is -2.27. The molecule has 2 aromatic rings. The Hall–Kier alpha value is -1.90. The topological polar surface area (TPSA) is 58.0 Å². The van der Waals surface area contributed by atoms with Crippen LogP contribution in [-0.4, -0.2) is 27.7 Å². The Morgan fingerprint density at radius 2 is 1.78 bits per heavy atom. The van der Waals surface area contributed by atoms with E-state index in [0.29, 0.717) is 6.42 Å². The number of carbonyl (C=O) groups excluding carboxylic acids is 1. The van der Waals surface area contributed by atoms with Gasteiger partial charge in [0.25, 0.3) is 0 Å². The van der Waals surface area contributed by atoms with Crippen molar-refractivity contribution >= 4 is 44.8 Å². The summed E-state index contributed by atoms with van der Waals surface area (Å²) in [5.74, 6) is -2.74. The molecule has 1 aliphatic heterocycles. The van der Waals surface area contributed by atoms with Crippen molar-refractivity contribution < 1.29 is 26.6 Å². The summed E-state index contributed by atoms with van der Waals surface area (Å²) < 4.78 is 73.9. The first-order chi connectivity index (χ1) is 14.8. The normalized spacial score (nSPS) is 22.0. The lowest BCUT2D eigenvalue weighted by Crippen LogP contribution is -2.35. The first kappa shape index (κ1) is 24.7. The van der Waals surface area contributed by atoms with E-state index < -0.39 is 33.4 Å². The average Bonchev–Trinajstić information content (AvgIpc) is 2.62. The third-order valence-electron chi connectivity index (χ3n) is 5.16. The largest absolute Gasteiger partial charge is 0.399 e. The number of hydrogen-bond acceptors (Lipinski definition) is 3. The molecule has 0 radical (unpaired) electrons. The average molecular weight is 508 g/mol. The third-order valence-corrected chi connectivity index (χ3v) is 7.62. The van der Waals surface area contributed by atoms with Crippen LogP contribution in [0.3, 0.4) is 0 Å². The minimum absolute atomic E-state index is 0.0218. The molecule has 10 heteroatoms. The van der Waals surface area contributed by atoms with E-state index in [1.807, 2.05) is 0 Å². The fourth-order valence-corrected chi connectivity index (χ4v) is 5.88. The van der Waals surface area contributed by atoms with Crippen LogP contribution in [0.15, 0.2) is 42.5 Å². The molecule has 32 heavy (non-hydrogen) atoms. The van der Waals surface area contributed by atoms with Crippen LogP contribution in [0.5, 0.6) is 0 Å². The summed E-state index contributed by atoms with van der Waals surface area (Å²) in [4.78, 5) is 12.3. The number of ketones is 1. The second-order valence-corrected chi connectivity index (χ2v) is 11.0. The molecular formula is C22H19Cl2F4NO2S. The molecule has 1 heterocycles. The number of Topliss-reactive ketones (excluding diaryl/α,β-unsaturated/α-hetero) is 1. The van der Waals surface area contributed by atoms with E-state index in [2.05, 4.69) is 0 Å². The molecule has 1 saturated heterocycles. The van der Waals surface area contributed by atoms with Crippen LogP contribution in [0.25, 0.3) is 6.08 Å². The fraction of sp³-hybridized carbons (Fsp3) is 0.318. The summed E-state index contributed by atoms with van der Waals surface area (Å²) in [6.07, 6.45) is -2.14. The maximum absolute atomic E-state index is 14.4. The van der Waals surface area contributed by atoms with E-state index in [1.54, 1.807) is 0 Å². The Morgan fingerprint density at radius 3 is 2.31 bits per heavy atom. The van der Waals surface area contributed by atoms with Crippen LogP contribution in [-0.2, 0) is 9.73 Å². The predicted molar refractivity (Wildman–Crippen MR) is 118 cm³/mol. The van der Waals surface area contributed by atoms with Crippen molar-refractivity contribution in [1.29, 1.82) is 4.78 Å². The first-order valence-corrected chi connectivity index (χ1v) is 12.3. The highest BCUT2D eigenvalue weighted by Gasteiger charge is 2.39. The number of benzene rings is 2. The molecular weight excluding hydrogens is 489 g/mol. The van der Waals surface area contributed by atoms with Gasteiger partial charge in [0.15, 0.2) is 5.78 Å². The zero-order valence-corrected chi connectivity index (χ0v) is 18.9.